The number of benzene rings is 1. The number of fused-ring (bicyclic) bond motifs is 2. The summed E-state index contributed by atoms with van der Waals surface area (Å²) in [6, 6.07) is 7.09. The summed E-state index contributed by atoms with van der Waals surface area (Å²) in [5, 5.41) is 11.2. The minimum atomic E-state index is -3.73. The van der Waals surface area contributed by atoms with Crippen molar-refractivity contribution in [1.29, 1.82) is 0 Å². The number of nitrogens with one attached hydrogen (secondary N) is 1. The molecule has 6 N–H and O–H groups in total. The predicted octanol–water partition coefficient (Wildman–Crippen LogP) is -3.30. The Bertz CT molecular complexity index is 1290. The molecule has 164 valence electrons. The van der Waals surface area contributed by atoms with Crippen molar-refractivity contribution in [2.45, 2.75) is 34.6 Å². The third kappa shape index (κ3) is 4.26. The van der Waals surface area contributed by atoms with Crippen molar-refractivity contribution in [3.63, 3.8) is 0 Å². The van der Waals surface area contributed by atoms with Crippen LogP contribution < -0.4 is 51.5 Å². The van der Waals surface area contributed by atoms with Crippen LogP contribution in [-0.4, -0.2) is 49.5 Å². The number of nitrogen functional groups attached to an aromatic ring is 2. The van der Waals surface area contributed by atoms with Gasteiger partial charge in [0.2, 0.25) is 5.95 Å². The first-order chi connectivity index (χ1) is 14.7. The van der Waals surface area contributed by atoms with E-state index < -0.39 is 36.8 Å². The Morgan fingerprint density at radius 1 is 1.34 bits per heavy atom. The van der Waals surface area contributed by atoms with Crippen molar-refractivity contribution < 1.29 is 53.3 Å². The van der Waals surface area contributed by atoms with Crippen LogP contribution in [0.15, 0.2) is 39.1 Å². The van der Waals surface area contributed by atoms with Crippen LogP contribution in [0.5, 0.6) is 0 Å². The van der Waals surface area contributed by atoms with Crippen LogP contribution in [0.1, 0.15) is 6.23 Å². The first kappa shape index (κ1) is 24.1. The number of anilines is 2. The number of aliphatic hydroxyl groups is 1. The fourth-order valence-electron chi connectivity index (χ4n) is 3.50. The van der Waals surface area contributed by atoms with Gasteiger partial charge < -0.3 is 35.3 Å². The number of H-pyrrole nitrogens is 1. The average molecular weight is 506 g/mol. The molecule has 0 amide bonds. The standard InChI is InChI=1S/C16H17N6O6PS2.Na/c17-6-3-1-2-4-8(6)31-16-19-9-12(20-15(18)21-13(9)24)22(16)14-10(23)11-7(27-14)5-26-29(25,30)28-11;/h1-4,7,10-11,14,23H,5,17H2,(H,25,30)(H3,18,20,21,24);/q;+1/p-1/t7-,10-,11?,14-,29?;/m1./s1. The van der Waals surface area contributed by atoms with Gasteiger partial charge in [-0.25, -0.2) is 4.98 Å². The van der Waals surface area contributed by atoms with E-state index >= 15 is 0 Å². The van der Waals surface area contributed by atoms with Gasteiger partial charge in [-0.1, -0.05) is 23.9 Å². The fraction of sp³-hybridized carbons (Fsp3) is 0.312. The number of para-hydroxylation sites is 1. The van der Waals surface area contributed by atoms with Gasteiger partial charge in [0.05, 0.1) is 6.61 Å². The quantitative estimate of drug-likeness (QED) is 0.158. The fourth-order valence-corrected chi connectivity index (χ4v) is 5.88. The van der Waals surface area contributed by atoms with Crippen molar-refractivity contribution in [3.8, 4) is 0 Å². The molecule has 2 aliphatic heterocycles. The van der Waals surface area contributed by atoms with Gasteiger partial charge in [0.25, 0.3) is 5.56 Å². The third-order valence-corrected chi connectivity index (χ3v) is 7.47. The number of imidazole rings is 1. The summed E-state index contributed by atoms with van der Waals surface area (Å²) < 4.78 is 17.7. The van der Waals surface area contributed by atoms with E-state index in [-0.39, 0.29) is 58.4 Å². The van der Waals surface area contributed by atoms with E-state index in [0.717, 1.165) is 11.8 Å². The van der Waals surface area contributed by atoms with Crippen molar-refractivity contribution in [2.75, 3.05) is 18.1 Å². The molecule has 2 saturated heterocycles. The Morgan fingerprint density at radius 2 is 2.09 bits per heavy atom. The molecule has 3 aromatic rings. The minimum absolute atomic E-state index is 0. The number of ether oxygens (including phenoxy) is 1. The Hall–Kier alpha value is -1.03. The van der Waals surface area contributed by atoms with E-state index in [1.54, 1.807) is 24.3 Å². The molecule has 5 atom stereocenters. The molecule has 0 aliphatic carbocycles. The SMILES string of the molecule is Nc1nc2c(nc(Sc3ccccc3N)n2[C@@H]2O[C@@H]3COP([O-])(=S)OC3[C@H]2O)c(=O)[nH]1.[Na+]. The summed E-state index contributed by atoms with van der Waals surface area (Å²) in [7, 11) is 0. The summed E-state index contributed by atoms with van der Waals surface area (Å²) in [5.41, 5.74) is 11.8. The van der Waals surface area contributed by atoms with Gasteiger partial charge in [0, 0.05) is 10.6 Å². The van der Waals surface area contributed by atoms with Crippen molar-refractivity contribution in [1.82, 2.24) is 19.5 Å². The van der Waals surface area contributed by atoms with E-state index in [2.05, 4.69) is 15.0 Å². The molecular weight excluding hydrogens is 490 g/mol. The molecule has 2 unspecified atom stereocenters. The maximum Gasteiger partial charge on any atom is 1.00 e. The monoisotopic (exact) mass is 506 g/mol. The van der Waals surface area contributed by atoms with Gasteiger partial charge in [0.15, 0.2) is 22.5 Å². The van der Waals surface area contributed by atoms with Crippen LogP contribution in [0.3, 0.4) is 0 Å². The molecule has 2 fully saturated rings. The van der Waals surface area contributed by atoms with Crippen LogP contribution in [0.4, 0.5) is 11.6 Å². The van der Waals surface area contributed by atoms with Gasteiger partial charge in [-0.3, -0.25) is 14.3 Å². The van der Waals surface area contributed by atoms with Crippen LogP contribution in [-0.2, 0) is 25.6 Å². The summed E-state index contributed by atoms with van der Waals surface area (Å²) in [6.45, 7) is -3.84. The second-order valence-electron chi connectivity index (χ2n) is 6.90. The van der Waals surface area contributed by atoms with Gasteiger partial charge >= 0.3 is 29.6 Å². The van der Waals surface area contributed by atoms with Crippen LogP contribution >= 0.6 is 18.5 Å². The molecule has 5 rings (SSSR count). The maximum absolute atomic E-state index is 12.4. The summed E-state index contributed by atoms with van der Waals surface area (Å²) >= 11 is 5.94. The molecule has 0 bridgehead atoms. The van der Waals surface area contributed by atoms with Crippen molar-refractivity contribution in [3.05, 3.63) is 34.6 Å². The summed E-state index contributed by atoms with van der Waals surface area (Å²) in [6.07, 6.45) is -4.10. The van der Waals surface area contributed by atoms with Crippen LogP contribution in [0, 0.1) is 0 Å². The normalized spacial score (nSPS) is 29.6. The van der Waals surface area contributed by atoms with Crippen molar-refractivity contribution >= 4 is 53.1 Å². The number of hydrogen-bond acceptors (Lipinski definition) is 12. The molecule has 0 saturated carbocycles. The average Bonchev–Trinajstić information content (AvgIpc) is 3.20. The van der Waals surface area contributed by atoms with Gasteiger partial charge in [-0.15, -0.1) is 0 Å². The number of aromatic amines is 1. The first-order valence-corrected chi connectivity index (χ1v) is 12.4. The number of hydrogen-bond donors (Lipinski definition) is 4. The predicted molar refractivity (Wildman–Crippen MR) is 113 cm³/mol. The smallest absolute Gasteiger partial charge is 0.780 e. The van der Waals surface area contributed by atoms with E-state index in [4.69, 9.17) is 37.1 Å². The number of aromatic nitrogens is 4. The van der Waals surface area contributed by atoms with Gasteiger partial charge in [-0.2, -0.15) is 4.98 Å². The topological polar surface area (TPSA) is 187 Å². The Labute approximate surface area is 212 Å². The van der Waals surface area contributed by atoms with E-state index in [1.165, 1.54) is 4.57 Å². The van der Waals surface area contributed by atoms with Crippen LogP contribution in [0.25, 0.3) is 11.2 Å². The Morgan fingerprint density at radius 3 is 2.84 bits per heavy atom. The second kappa shape index (κ2) is 8.96. The Kier molecular flexibility index (Phi) is 6.75. The molecule has 32 heavy (non-hydrogen) atoms. The molecule has 0 spiro atoms. The largest absolute Gasteiger partial charge is 1.00 e. The number of rotatable bonds is 3. The molecule has 16 heteroatoms. The van der Waals surface area contributed by atoms with E-state index in [0.29, 0.717) is 10.6 Å². The number of nitrogens with zero attached hydrogens (tertiary/aromatic N) is 3. The zero-order valence-electron chi connectivity index (χ0n) is 16.6. The molecule has 12 nitrogen and oxygen atoms in total. The second-order valence-corrected chi connectivity index (χ2v) is 10.6. The maximum atomic E-state index is 12.4. The minimum Gasteiger partial charge on any atom is -0.780 e. The molecule has 1 aromatic carbocycles. The molecule has 0 radical (unpaired) electrons. The van der Waals surface area contributed by atoms with Gasteiger partial charge in [-0.05, 0) is 23.9 Å². The summed E-state index contributed by atoms with van der Waals surface area (Å²) in [5.74, 6) is -0.131. The third-order valence-electron chi connectivity index (χ3n) is 4.87. The number of nitrogens with two attached hydrogens (primary N) is 2. The first-order valence-electron chi connectivity index (χ1n) is 9.01. The molecular formula is C16H16N6NaO6PS2. The molecule has 2 aliphatic rings. The van der Waals surface area contributed by atoms with Gasteiger partial charge in [0.1, 0.15) is 25.0 Å². The number of aliphatic hydroxyl groups excluding tert-OH is 1. The molecule has 4 heterocycles. The van der Waals surface area contributed by atoms with Crippen LogP contribution in [0.2, 0.25) is 0 Å². The zero-order chi connectivity index (χ0) is 21.9. The summed E-state index contributed by atoms with van der Waals surface area (Å²) in [4.78, 5) is 36.1. The van der Waals surface area contributed by atoms with E-state index in [1.807, 2.05) is 0 Å². The molecule has 2 aromatic heterocycles. The zero-order valence-corrected chi connectivity index (χ0v) is 21.1. The van der Waals surface area contributed by atoms with Crippen molar-refractivity contribution in [2.24, 2.45) is 0 Å². The van der Waals surface area contributed by atoms with E-state index in [9.17, 15) is 14.8 Å². The Balaban J connectivity index is 0.00000245.